The van der Waals surface area contributed by atoms with Crippen molar-refractivity contribution in [1.29, 1.82) is 0 Å². The largest absolute Gasteiger partial charge is 0.465 e. The highest BCUT2D eigenvalue weighted by atomic mass is 16.5. The van der Waals surface area contributed by atoms with Gasteiger partial charge in [-0.05, 0) is 66.6 Å². The third-order valence-electron chi connectivity index (χ3n) is 10.2. The Balaban J connectivity index is 1.50. The fourth-order valence-electron chi connectivity index (χ4n) is 6.63. The Labute approximate surface area is 354 Å². The molecule has 324 valence electrons. The van der Waals surface area contributed by atoms with Gasteiger partial charge in [0.15, 0.2) is 0 Å². The number of nitrogens with zero attached hydrogens (tertiary/aromatic N) is 3. The summed E-state index contributed by atoms with van der Waals surface area (Å²) in [7, 11) is 3.53. The average Bonchev–Trinajstić information content (AvgIpc) is 3.20. The number of para-hydroxylation sites is 1. The average molecular weight is 826 g/mol. The smallest absolute Gasteiger partial charge is 0.323 e. The van der Waals surface area contributed by atoms with Crippen molar-refractivity contribution in [3.63, 3.8) is 0 Å². The molecule has 14 heteroatoms. The standard InChI is InChI=1S/C46H63N7O7/c1-31(2)26-39(52(8)40(54)28-34-18-20-35(21-19-34)47-45(59)50-36-17-13-12-14-32(36)3)43(57)48-37(29-41(55)60-30-46(4,5)6)42(56)49-38(27-33-15-10-9-11-16-33)44(58)53-24-22-51(7)23-25-53/h9-21,31,37-39H,22-30H2,1-8H3,(H,48,57)(H,49,56)(H2,47,50,59)/t37-,38?,39?/m0/s1. The van der Waals surface area contributed by atoms with Gasteiger partial charge in [0.05, 0.1) is 19.4 Å². The summed E-state index contributed by atoms with van der Waals surface area (Å²) in [6.45, 7) is 13.9. The van der Waals surface area contributed by atoms with Crippen LogP contribution in [0.1, 0.15) is 64.2 Å². The van der Waals surface area contributed by atoms with Gasteiger partial charge in [-0.1, -0.05) is 95.3 Å². The molecular weight excluding hydrogens is 763 g/mol. The quantitative estimate of drug-likeness (QED) is 0.138. The molecule has 0 radical (unpaired) electrons. The minimum atomic E-state index is -1.40. The second kappa shape index (κ2) is 22.0. The molecule has 1 saturated heterocycles. The molecule has 1 fully saturated rings. The normalized spacial score (nSPS) is 14.7. The van der Waals surface area contributed by atoms with Crippen LogP contribution in [0.2, 0.25) is 0 Å². The first-order valence-electron chi connectivity index (χ1n) is 20.6. The number of esters is 1. The van der Waals surface area contributed by atoms with Crippen LogP contribution in [0.3, 0.4) is 0 Å². The van der Waals surface area contributed by atoms with Crippen LogP contribution < -0.4 is 21.3 Å². The van der Waals surface area contributed by atoms with Gasteiger partial charge in [0, 0.05) is 51.0 Å². The van der Waals surface area contributed by atoms with E-state index in [4.69, 9.17) is 4.74 Å². The number of nitrogens with one attached hydrogen (secondary N) is 4. The van der Waals surface area contributed by atoms with E-state index in [1.165, 1.54) is 11.9 Å². The van der Waals surface area contributed by atoms with Crippen molar-refractivity contribution in [3.05, 3.63) is 95.6 Å². The second-order valence-corrected chi connectivity index (χ2v) is 17.3. The Morgan fingerprint density at radius 1 is 0.767 bits per heavy atom. The number of amides is 6. The van der Waals surface area contributed by atoms with E-state index in [0.29, 0.717) is 43.1 Å². The van der Waals surface area contributed by atoms with Crippen molar-refractivity contribution in [2.75, 3.05) is 57.5 Å². The zero-order valence-corrected chi connectivity index (χ0v) is 36.4. The third kappa shape index (κ3) is 15.1. The first-order valence-corrected chi connectivity index (χ1v) is 20.6. The van der Waals surface area contributed by atoms with E-state index in [1.807, 2.05) is 103 Å². The fraction of sp³-hybridized carbons (Fsp3) is 0.478. The molecule has 1 heterocycles. The molecule has 4 N–H and O–H groups in total. The fourth-order valence-corrected chi connectivity index (χ4v) is 6.63. The monoisotopic (exact) mass is 825 g/mol. The number of ether oxygens (including phenoxy) is 1. The van der Waals surface area contributed by atoms with Crippen molar-refractivity contribution in [3.8, 4) is 0 Å². The summed E-state index contributed by atoms with van der Waals surface area (Å²) < 4.78 is 5.52. The lowest BCUT2D eigenvalue weighted by Gasteiger charge is -2.35. The van der Waals surface area contributed by atoms with Gasteiger partial charge in [0.2, 0.25) is 23.6 Å². The maximum atomic E-state index is 14.2. The molecule has 14 nitrogen and oxygen atoms in total. The number of carbonyl (C=O) groups excluding carboxylic acids is 6. The number of hydrogen-bond donors (Lipinski definition) is 4. The van der Waals surface area contributed by atoms with Crippen LogP contribution >= 0.6 is 0 Å². The zero-order valence-electron chi connectivity index (χ0n) is 36.4. The lowest BCUT2D eigenvalue weighted by molar-refractivity contribution is -0.149. The van der Waals surface area contributed by atoms with Crippen molar-refractivity contribution in [2.24, 2.45) is 11.3 Å². The topological polar surface area (TPSA) is 169 Å². The summed E-state index contributed by atoms with van der Waals surface area (Å²) in [6, 6.07) is 19.9. The van der Waals surface area contributed by atoms with Crippen molar-refractivity contribution in [2.45, 2.75) is 85.4 Å². The van der Waals surface area contributed by atoms with Gasteiger partial charge in [-0.3, -0.25) is 24.0 Å². The maximum absolute atomic E-state index is 14.2. The van der Waals surface area contributed by atoms with E-state index in [-0.39, 0.29) is 49.0 Å². The molecule has 2 unspecified atom stereocenters. The van der Waals surface area contributed by atoms with Crippen LogP contribution in [0.15, 0.2) is 78.9 Å². The van der Waals surface area contributed by atoms with Gasteiger partial charge in [-0.15, -0.1) is 0 Å². The first kappa shape index (κ1) is 46.9. The Morgan fingerprint density at radius 2 is 1.38 bits per heavy atom. The highest BCUT2D eigenvalue weighted by molar-refractivity contribution is 6.00. The number of benzene rings is 3. The molecule has 0 saturated carbocycles. The SMILES string of the molecule is Cc1ccccc1NC(=O)Nc1ccc(CC(=O)N(C)C(CC(C)C)C(=O)N[C@@H](CC(=O)OCC(C)(C)C)C(=O)NC(Cc2ccccc2)C(=O)N2CCN(C)CC2)cc1. The van der Waals surface area contributed by atoms with E-state index in [1.54, 1.807) is 29.2 Å². The molecule has 3 aromatic rings. The number of rotatable bonds is 17. The molecule has 1 aliphatic rings. The molecule has 0 aromatic heterocycles. The predicted molar refractivity (Wildman–Crippen MR) is 233 cm³/mol. The molecule has 60 heavy (non-hydrogen) atoms. The van der Waals surface area contributed by atoms with Crippen LogP contribution in [-0.4, -0.2) is 115 Å². The molecule has 6 amide bonds. The number of urea groups is 1. The predicted octanol–water partition coefficient (Wildman–Crippen LogP) is 5.02. The molecule has 0 aliphatic carbocycles. The van der Waals surface area contributed by atoms with E-state index in [2.05, 4.69) is 26.2 Å². The van der Waals surface area contributed by atoms with E-state index >= 15 is 0 Å². The van der Waals surface area contributed by atoms with E-state index in [9.17, 15) is 28.8 Å². The van der Waals surface area contributed by atoms with Gasteiger partial charge in [0.1, 0.15) is 18.1 Å². The summed E-state index contributed by atoms with van der Waals surface area (Å²) in [5, 5.41) is 11.3. The number of anilines is 2. The van der Waals surface area contributed by atoms with Crippen LogP contribution in [0.25, 0.3) is 0 Å². The van der Waals surface area contributed by atoms with Gasteiger partial charge in [-0.2, -0.15) is 0 Å². The summed E-state index contributed by atoms with van der Waals surface area (Å²) in [5.74, 6) is -2.64. The Hall–Kier alpha value is -5.76. The number of aryl methyl sites for hydroxylation is 1. The molecule has 0 spiro atoms. The van der Waals surface area contributed by atoms with E-state index in [0.717, 1.165) is 11.1 Å². The molecule has 4 rings (SSSR count). The van der Waals surface area contributed by atoms with Gasteiger partial charge in [0.25, 0.3) is 0 Å². The first-order chi connectivity index (χ1) is 28.4. The summed E-state index contributed by atoms with van der Waals surface area (Å²) in [5.41, 5.74) is 3.30. The number of piperazine rings is 1. The number of carbonyl (C=O) groups is 6. The lowest BCUT2D eigenvalue weighted by atomic mass is 9.98. The second-order valence-electron chi connectivity index (χ2n) is 17.3. The van der Waals surface area contributed by atoms with Gasteiger partial charge in [-0.25, -0.2) is 4.79 Å². The summed E-state index contributed by atoms with van der Waals surface area (Å²) >= 11 is 0. The zero-order chi connectivity index (χ0) is 44.0. The van der Waals surface area contributed by atoms with Crippen molar-refractivity contribution in [1.82, 2.24) is 25.3 Å². The maximum Gasteiger partial charge on any atom is 0.323 e. The van der Waals surface area contributed by atoms with E-state index < -0.39 is 48.4 Å². The lowest BCUT2D eigenvalue weighted by Crippen LogP contribution is -2.59. The minimum Gasteiger partial charge on any atom is -0.465 e. The van der Waals surface area contributed by atoms with Gasteiger partial charge >= 0.3 is 12.0 Å². The number of hydrogen-bond acceptors (Lipinski definition) is 8. The van der Waals surface area contributed by atoms with Gasteiger partial charge < -0.3 is 40.7 Å². The Morgan fingerprint density at radius 3 is 2.00 bits per heavy atom. The third-order valence-corrected chi connectivity index (χ3v) is 10.2. The molecular formula is C46H63N7O7. The Bertz CT molecular complexity index is 1920. The summed E-state index contributed by atoms with van der Waals surface area (Å²) in [4.78, 5) is 87.2. The van der Waals surface area contributed by atoms with Crippen molar-refractivity contribution >= 4 is 47.0 Å². The van der Waals surface area contributed by atoms with Crippen LogP contribution in [0, 0.1) is 18.3 Å². The molecule has 3 aromatic carbocycles. The molecule has 1 aliphatic heterocycles. The highest BCUT2D eigenvalue weighted by Crippen LogP contribution is 2.19. The highest BCUT2D eigenvalue weighted by Gasteiger charge is 2.35. The molecule has 3 atom stereocenters. The van der Waals surface area contributed by atoms with Crippen LogP contribution in [-0.2, 0) is 41.6 Å². The van der Waals surface area contributed by atoms with Crippen LogP contribution in [0.4, 0.5) is 16.2 Å². The van der Waals surface area contributed by atoms with Crippen LogP contribution in [0.5, 0.6) is 0 Å². The molecule has 0 bridgehead atoms. The summed E-state index contributed by atoms with van der Waals surface area (Å²) in [6.07, 6.45) is -0.0392. The minimum absolute atomic E-state index is 0.0207. The number of likely N-dealkylation sites (N-methyl/N-ethyl adjacent to an activating group) is 2. The van der Waals surface area contributed by atoms with Crippen molar-refractivity contribution < 1.29 is 33.5 Å². The Kier molecular flexibility index (Phi) is 17.2.